The van der Waals surface area contributed by atoms with Crippen LogP contribution >= 0.6 is 0 Å². The van der Waals surface area contributed by atoms with Crippen LogP contribution in [0.2, 0.25) is 0 Å². The molecule has 0 aliphatic rings. The van der Waals surface area contributed by atoms with Crippen molar-refractivity contribution in [2.75, 3.05) is 6.54 Å². The number of hydrogen-bond acceptors (Lipinski definition) is 1. The summed E-state index contributed by atoms with van der Waals surface area (Å²) < 4.78 is 0. The Balaban J connectivity index is 1.68. The van der Waals surface area contributed by atoms with Crippen molar-refractivity contribution in [3.05, 3.63) is 71.9 Å². The number of aromatic amines is 1. The lowest BCUT2D eigenvalue weighted by molar-refractivity contribution is -0.120. The lowest BCUT2D eigenvalue weighted by Gasteiger charge is -2.25. The molecule has 2 N–H and O–H groups in total. The molecule has 0 unspecified atom stereocenters. The highest BCUT2D eigenvalue weighted by atomic mass is 16.1. The third-order valence-electron chi connectivity index (χ3n) is 4.25. The van der Waals surface area contributed by atoms with Gasteiger partial charge in [0, 0.05) is 29.1 Å². The van der Waals surface area contributed by atoms with Gasteiger partial charge >= 0.3 is 0 Å². The van der Waals surface area contributed by atoms with Crippen LogP contribution in [0, 0.1) is 0 Å². The molecule has 0 bridgehead atoms. The Kier molecular flexibility index (Phi) is 4.20. The zero-order valence-electron chi connectivity index (χ0n) is 13.6. The number of benzene rings is 2. The standard InChI is InChI=1S/C20H22N2O/c1-20(2,17-13-21-18-11-7-6-10-16(17)18)14-22-19(23)12-15-8-4-3-5-9-15/h3-11,13,21H,12,14H2,1-2H3,(H,22,23). The second-order valence-electron chi connectivity index (χ2n) is 6.57. The highest BCUT2D eigenvalue weighted by Gasteiger charge is 2.24. The Bertz CT molecular complexity index is 803. The molecule has 118 valence electrons. The Morgan fingerprint density at radius 2 is 1.74 bits per heavy atom. The molecule has 0 radical (unpaired) electrons. The Hall–Kier alpha value is -2.55. The summed E-state index contributed by atoms with van der Waals surface area (Å²) in [7, 11) is 0. The Morgan fingerprint density at radius 3 is 2.52 bits per heavy atom. The fourth-order valence-electron chi connectivity index (χ4n) is 2.89. The number of aromatic nitrogens is 1. The molecular weight excluding hydrogens is 284 g/mol. The lowest BCUT2D eigenvalue weighted by atomic mass is 9.84. The molecule has 1 heterocycles. The summed E-state index contributed by atoms with van der Waals surface area (Å²) in [4.78, 5) is 15.5. The van der Waals surface area contributed by atoms with Gasteiger partial charge in [0.1, 0.15) is 0 Å². The number of fused-ring (bicyclic) bond motifs is 1. The number of carbonyl (C=O) groups excluding carboxylic acids is 1. The van der Waals surface area contributed by atoms with Gasteiger partial charge in [-0.05, 0) is 17.2 Å². The van der Waals surface area contributed by atoms with E-state index in [2.05, 4.69) is 36.3 Å². The highest BCUT2D eigenvalue weighted by Crippen LogP contribution is 2.29. The zero-order valence-corrected chi connectivity index (χ0v) is 13.6. The molecule has 0 atom stereocenters. The smallest absolute Gasteiger partial charge is 0.224 e. The maximum Gasteiger partial charge on any atom is 0.224 e. The maximum absolute atomic E-state index is 12.2. The topological polar surface area (TPSA) is 44.9 Å². The number of para-hydroxylation sites is 1. The summed E-state index contributed by atoms with van der Waals surface area (Å²) >= 11 is 0. The molecular formula is C20H22N2O. The molecule has 0 aliphatic heterocycles. The molecule has 0 saturated heterocycles. The minimum atomic E-state index is -0.133. The van der Waals surface area contributed by atoms with Crippen LogP contribution in [0.25, 0.3) is 10.9 Å². The number of rotatable bonds is 5. The van der Waals surface area contributed by atoms with E-state index in [9.17, 15) is 4.79 Å². The van der Waals surface area contributed by atoms with Gasteiger partial charge in [-0.3, -0.25) is 4.79 Å². The van der Waals surface area contributed by atoms with Gasteiger partial charge in [0.2, 0.25) is 5.91 Å². The average molecular weight is 306 g/mol. The van der Waals surface area contributed by atoms with Crippen LogP contribution in [-0.2, 0) is 16.6 Å². The Labute approximate surface area is 136 Å². The van der Waals surface area contributed by atoms with Crippen LogP contribution in [0.15, 0.2) is 60.8 Å². The Morgan fingerprint density at radius 1 is 1.04 bits per heavy atom. The first-order valence-corrected chi connectivity index (χ1v) is 7.93. The minimum Gasteiger partial charge on any atom is -0.361 e. The SMILES string of the molecule is CC(C)(CNC(=O)Cc1ccccc1)c1c[nH]c2ccccc12. The van der Waals surface area contributed by atoms with Crippen LogP contribution in [0.5, 0.6) is 0 Å². The van der Waals surface area contributed by atoms with Crippen molar-refractivity contribution in [3.8, 4) is 0 Å². The monoisotopic (exact) mass is 306 g/mol. The van der Waals surface area contributed by atoms with Crippen LogP contribution in [-0.4, -0.2) is 17.4 Å². The van der Waals surface area contributed by atoms with E-state index in [-0.39, 0.29) is 11.3 Å². The molecule has 3 heteroatoms. The number of hydrogen-bond donors (Lipinski definition) is 2. The van der Waals surface area contributed by atoms with E-state index >= 15 is 0 Å². The maximum atomic E-state index is 12.2. The molecule has 1 aromatic heterocycles. The fraction of sp³-hybridized carbons (Fsp3) is 0.250. The van der Waals surface area contributed by atoms with Crippen molar-refractivity contribution in [2.24, 2.45) is 0 Å². The van der Waals surface area contributed by atoms with Crippen molar-refractivity contribution in [1.82, 2.24) is 10.3 Å². The predicted molar refractivity (Wildman–Crippen MR) is 94.5 cm³/mol. The molecule has 2 aromatic carbocycles. The van der Waals surface area contributed by atoms with Crippen LogP contribution in [0.4, 0.5) is 0 Å². The third kappa shape index (κ3) is 3.45. The highest BCUT2D eigenvalue weighted by molar-refractivity contribution is 5.84. The van der Waals surface area contributed by atoms with Crippen molar-refractivity contribution in [2.45, 2.75) is 25.7 Å². The first-order valence-electron chi connectivity index (χ1n) is 7.93. The van der Waals surface area contributed by atoms with E-state index in [1.807, 2.05) is 48.7 Å². The predicted octanol–water partition coefficient (Wildman–Crippen LogP) is 3.80. The first kappa shape index (κ1) is 15.3. The van der Waals surface area contributed by atoms with Gasteiger partial charge in [-0.2, -0.15) is 0 Å². The van der Waals surface area contributed by atoms with Crippen LogP contribution < -0.4 is 5.32 Å². The molecule has 0 spiro atoms. The van der Waals surface area contributed by atoms with Gasteiger partial charge < -0.3 is 10.3 Å². The van der Waals surface area contributed by atoms with Crippen molar-refractivity contribution in [3.63, 3.8) is 0 Å². The molecule has 0 saturated carbocycles. The lowest BCUT2D eigenvalue weighted by Crippen LogP contribution is -2.37. The largest absolute Gasteiger partial charge is 0.361 e. The number of H-pyrrole nitrogens is 1. The van der Waals surface area contributed by atoms with Crippen molar-refractivity contribution in [1.29, 1.82) is 0 Å². The van der Waals surface area contributed by atoms with E-state index in [0.717, 1.165) is 11.1 Å². The summed E-state index contributed by atoms with van der Waals surface area (Å²) in [6, 6.07) is 18.1. The van der Waals surface area contributed by atoms with Crippen molar-refractivity contribution < 1.29 is 4.79 Å². The van der Waals surface area contributed by atoms with Gasteiger partial charge in [-0.25, -0.2) is 0 Å². The number of amides is 1. The molecule has 23 heavy (non-hydrogen) atoms. The van der Waals surface area contributed by atoms with Gasteiger partial charge in [-0.1, -0.05) is 62.4 Å². The van der Waals surface area contributed by atoms with Gasteiger partial charge in [0.15, 0.2) is 0 Å². The summed E-state index contributed by atoms with van der Waals surface area (Å²) in [6.07, 6.45) is 2.47. The van der Waals surface area contributed by atoms with Crippen LogP contribution in [0.3, 0.4) is 0 Å². The van der Waals surface area contributed by atoms with Gasteiger partial charge in [0.05, 0.1) is 6.42 Å². The first-order chi connectivity index (χ1) is 11.1. The fourth-order valence-corrected chi connectivity index (χ4v) is 2.89. The van der Waals surface area contributed by atoms with Crippen LogP contribution in [0.1, 0.15) is 25.0 Å². The molecule has 0 fully saturated rings. The second-order valence-corrected chi connectivity index (χ2v) is 6.57. The number of nitrogens with one attached hydrogen (secondary N) is 2. The van der Waals surface area contributed by atoms with Gasteiger partial charge in [-0.15, -0.1) is 0 Å². The normalized spacial score (nSPS) is 11.6. The van der Waals surface area contributed by atoms with E-state index in [1.165, 1.54) is 10.9 Å². The second kappa shape index (κ2) is 6.29. The summed E-state index contributed by atoms with van der Waals surface area (Å²) in [5.74, 6) is 0.0594. The summed E-state index contributed by atoms with van der Waals surface area (Å²) in [5, 5.41) is 4.29. The molecule has 0 aliphatic carbocycles. The van der Waals surface area contributed by atoms with E-state index < -0.39 is 0 Å². The average Bonchev–Trinajstić information content (AvgIpc) is 2.99. The summed E-state index contributed by atoms with van der Waals surface area (Å²) in [6.45, 7) is 4.93. The molecule has 3 rings (SSSR count). The third-order valence-corrected chi connectivity index (χ3v) is 4.25. The molecule has 1 amide bonds. The summed E-state index contributed by atoms with van der Waals surface area (Å²) in [5.41, 5.74) is 3.26. The molecule has 3 aromatic rings. The van der Waals surface area contributed by atoms with E-state index in [1.54, 1.807) is 0 Å². The zero-order chi connectivity index (χ0) is 16.3. The van der Waals surface area contributed by atoms with Crippen molar-refractivity contribution >= 4 is 16.8 Å². The van der Waals surface area contributed by atoms with E-state index in [4.69, 9.17) is 0 Å². The van der Waals surface area contributed by atoms with Gasteiger partial charge in [0.25, 0.3) is 0 Å². The van der Waals surface area contributed by atoms with E-state index in [0.29, 0.717) is 13.0 Å². The molecule has 3 nitrogen and oxygen atoms in total. The quantitative estimate of drug-likeness (QED) is 0.740. The minimum absolute atomic E-state index is 0.0594. The number of carbonyl (C=O) groups is 1.